The van der Waals surface area contributed by atoms with Crippen molar-refractivity contribution in [3.8, 4) is 28.3 Å². The Bertz CT molecular complexity index is 5570. The monoisotopic (exact) mass is 1620 g/mol. The van der Waals surface area contributed by atoms with Crippen LogP contribution in [0.25, 0.3) is 44.3 Å². The number of carbonyl (C=O) groups excluding carboxylic acids is 4. The normalized spacial score (nSPS) is 14.6. The van der Waals surface area contributed by atoms with E-state index in [0.717, 1.165) is 98.1 Å². The van der Waals surface area contributed by atoms with E-state index in [-0.39, 0.29) is 71.3 Å². The Morgan fingerprint density at radius 3 is 1.56 bits per heavy atom. The fourth-order valence-corrected chi connectivity index (χ4v) is 15.6. The number of ether oxygens (including phenoxy) is 3. The lowest BCUT2D eigenvalue weighted by Crippen LogP contribution is -2.43. The van der Waals surface area contributed by atoms with Gasteiger partial charge in [0.25, 0.3) is 5.69 Å². The Balaban J connectivity index is 0.000000191. The molecular formula is C91H107N13O15. The van der Waals surface area contributed by atoms with Crippen LogP contribution in [-0.4, -0.2) is 146 Å². The van der Waals surface area contributed by atoms with Gasteiger partial charge in [0, 0.05) is 148 Å². The molecule has 28 nitrogen and oxygen atoms in total. The first-order valence-electron chi connectivity index (χ1n) is 40.3. The molecule has 0 aliphatic carbocycles. The predicted octanol–water partition coefficient (Wildman–Crippen LogP) is 16.2. The van der Waals surface area contributed by atoms with Crippen LogP contribution in [0.5, 0.6) is 5.75 Å². The van der Waals surface area contributed by atoms with Crippen LogP contribution in [0.1, 0.15) is 172 Å². The van der Waals surface area contributed by atoms with Crippen LogP contribution < -0.4 is 27.4 Å². The first-order chi connectivity index (χ1) is 56.8. The molecule has 2 saturated heterocycles. The van der Waals surface area contributed by atoms with Crippen molar-refractivity contribution in [1.29, 1.82) is 0 Å². The number of hydrogen-bond acceptors (Lipinski definition) is 19. The average molecular weight is 1620 g/mol. The Morgan fingerprint density at radius 2 is 1.08 bits per heavy atom. The number of amides is 3. The number of carbonyl (C=O) groups is 4. The second-order valence-electron chi connectivity index (χ2n) is 31.3. The summed E-state index contributed by atoms with van der Waals surface area (Å²) in [5.41, 5.74) is 23.0. The van der Waals surface area contributed by atoms with Gasteiger partial charge in [0.05, 0.1) is 21.4 Å². The maximum atomic E-state index is 13.7. The highest BCUT2D eigenvalue weighted by Crippen LogP contribution is 2.41. The quantitative estimate of drug-likeness (QED) is 0.0109. The number of guanidine groups is 2. The zero-order chi connectivity index (χ0) is 85.6. The van der Waals surface area contributed by atoms with E-state index in [4.69, 9.17) is 38.8 Å². The van der Waals surface area contributed by atoms with Crippen molar-refractivity contribution in [1.82, 2.24) is 44.9 Å². The number of fused-ring (bicyclic) bond motifs is 2. The highest BCUT2D eigenvalue weighted by Gasteiger charge is 2.37. The van der Waals surface area contributed by atoms with Crippen LogP contribution in [0.3, 0.4) is 0 Å². The smallest absolute Gasteiger partial charge is 0.441 e. The fraction of sp³-hybridized carbons (Fsp3) is 0.385. The topological polar surface area (TPSA) is 359 Å². The molecule has 3 atom stereocenters. The number of nitrogens with one attached hydrogen (secondary N) is 3. The second-order valence-corrected chi connectivity index (χ2v) is 31.3. The van der Waals surface area contributed by atoms with Gasteiger partial charge in [0.2, 0.25) is 17.8 Å². The third kappa shape index (κ3) is 21.1. The van der Waals surface area contributed by atoms with Crippen molar-refractivity contribution in [3.05, 3.63) is 256 Å². The Morgan fingerprint density at radius 1 is 0.613 bits per heavy atom. The number of H-pyrrole nitrogens is 2. The lowest BCUT2D eigenvalue weighted by molar-refractivity contribution is -0.384. The highest BCUT2D eigenvalue weighted by atomic mass is 16.7. The number of likely N-dealkylation sites (tertiary alicyclic amines) is 2. The van der Waals surface area contributed by atoms with Crippen LogP contribution in [0, 0.1) is 51.7 Å². The van der Waals surface area contributed by atoms with E-state index in [2.05, 4.69) is 157 Å². The van der Waals surface area contributed by atoms with E-state index in [9.17, 15) is 38.9 Å². The number of pyridine rings is 2. The van der Waals surface area contributed by atoms with E-state index in [1.165, 1.54) is 59.0 Å². The Hall–Kier alpha value is -12.9. The zero-order valence-corrected chi connectivity index (χ0v) is 70.4. The minimum atomic E-state index is -1.05. The maximum Gasteiger partial charge on any atom is 0.519 e. The van der Waals surface area contributed by atoms with Crippen LogP contribution in [0.15, 0.2) is 183 Å². The number of alkyl carbamates (subject to hydrolysis) is 1. The molecule has 5 N–H and O–H groups in total. The Kier molecular flexibility index (Phi) is 28.1. The minimum absolute atomic E-state index is 0.0700. The van der Waals surface area contributed by atoms with Gasteiger partial charge in [-0.1, -0.05) is 53.4 Å². The van der Waals surface area contributed by atoms with Crippen molar-refractivity contribution < 1.29 is 56.0 Å². The lowest BCUT2D eigenvalue weighted by Gasteiger charge is -2.31. The summed E-state index contributed by atoms with van der Waals surface area (Å²) in [6.45, 7) is 36.0. The number of likely N-dealkylation sites (N-methyl/N-ethyl adjacent to an activating group) is 2. The number of benzene rings is 5. The summed E-state index contributed by atoms with van der Waals surface area (Å²) in [5.74, 6) is 1.02. The number of hydrogen-bond donors (Lipinski definition) is 4. The number of aliphatic imine (C=N–C) groups is 2. The van der Waals surface area contributed by atoms with Crippen LogP contribution in [0.4, 0.5) is 15.3 Å². The summed E-state index contributed by atoms with van der Waals surface area (Å²) in [6, 6.07) is 39.0. The van der Waals surface area contributed by atoms with E-state index in [0.29, 0.717) is 76.6 Å². The molecule has 0 radical (unpaired) electrons. The van der Waals surface area contributed by atoms with E-state index in [1.807, 2.05) is 95.8 Å². The molecule has 2 unspecified atom stereocenters. The molecular weight excluding hydrogens is 1520 g/mol. The SMILES string of the molecule is CCN(CC)C(=O)C(C)(C)c1ccc2[nH]c(-c3cc(C)cc(C)c3)c(CCN=C(NC(=O)OCc3oc(=O)oc3C)N3CCC(c4ccncc4)C3)c2c1.CCN(CC)C(=O)C(C)(C)c1ccc2[nH]c(-c3cc(C)cc(C)c3)c([C@H](C)CN=C(N)N3CCC(c4ccncc4)C3)c2c1.Cc1oc(=O)oc1COC(=O)Oc1ccc([N+](=O)[O-])cc1. The molecule has 0 saturated carbocycles. The summed E-state index contributed by atoms with van der Waals surface area (Å²) >= 11 is 0. The van der Waals surface area contributed by atoms with Crippen LogP contribution in [-0.2, 0) is 49.5 Å². The molecule has 2 aliphatic rings. The summed E-state index contributed by atoms with van der Waals surface area (Å²) in [6.07, 6.45) is 8.01. The standard InChI is InChI=1S/C42H50N6O6.C37H48N6O.C12H9NO8/c1-8-47(9-2)38(49)42(6,7)32-10-11-35-34(23-32)33(37(45-35)31-21-26(3)20-27(4)22-31)14-18-44-39(46-40(50)52-25-36-28(5)53-41(51)54-36)48-19-15-30(24-48)29-12-16-43-17-13-29;1-8-42(9-2)35(44)37(6,7)30-10-11-32-31(21-30)33(34(41-32)29-19-24(3)18-25(4)20-29)26(5)22-40-36(38)43-17-14-28(23-43)27-12-15-39-16-13-27;1-7-10(21-12(15)19-7)6-18-11(14)20-9-4-2-8(3-5-9)13(16)17/h10-13,16-17,20-23,30,45H,8-9,14-15,18-19,24-25H2,1-7H3,(H,44,46,50);10-13,15-16,18-21,26,28,41H,8-9,14,17,22-23H2,1-7H3,(H2,38,40);2-5H,6H2,1H3/t;26-,28?;/m.1./s1. The van der Waals surface area contributed by atoms with Crippen LogP contribution in [0.2, 0.25) is 0 Å². The van der Waals surface area contributed by atoms with Gasteiger partial charge in [0.15, 0.2) is 42.2 Å². The summed E-state index contributed by atoms with van der Waals surface area (Å²) < 4.78 is 34.1. The minimum Gasteiger partial charge on any atom is -0.441 e. The van der Waals surface area contributed by atoms with Crippen LogP contribution >= 0.6 is 0 Å². The van der Waals surface area contributed by atoms with Gasteiger partial charge in [0.1, 0.15) is 5.75 Å². The van der Waals surface area contributed by atoms with Crippen molar-refractivity contribution in [3.63, 3.8) is 0 Å². The molecule has 119 heavy (non-hydrogen) atoms. The Labute approximate surface area is 691 Å². The largest absolute Gasteiger partial charge is 0.519 e. The molecule has 0 bridgehead atoms. The van der Waals surface area contributed by atoms with Gasteiger partial charge in [-0.2, -0.15) is 0 Å². The molecule has 6 aromatic heterocycles. The van der Waals surface area contributed by atoms with E-state index in [1.54, 1.807) is 19.3 Å². The van der Waals surface area contributed by atoms with Gasteiger partial charge in [-0.05, 0) is 246 Å². The fourth-order valence-electron chi connectivity index (χ4n) is 15.6. The number of aryl methyl sites for hydroxylation is 6. The molecule has 626 valence electrons. The summed E-state index contributed by atoms with van der Waals surface area (Å²) in [7, 11) is 0. The second kappa shape index (κ2) is 38.5. The van der Waals surface area contributed by atoms with E-state index >= 15 is 0 Å². The van der Waals surface area contributed by atoms with Crippen molar-refractivity contribution in [2.75, 3.05) is 65.4 Å². The number of non-ortho nitro benzene ring substituents is 1. The van der Waals surface area contributed by atoms with Crippen molar-refractivity contribution >= 4 is 63.5 Å². The molecule has 5 aromatic carbocycles. The number of nitro benzene ring substituents is 1. The number of rotatable bonds is 24. The highest BCUT2D eigenvalue weighted by molar-refractivity contribution is 5.97. The number of aromatic nitrogens is 4. The maximum absolute atomic E-state index is 13.7. The van der Waals surface area contributed by atoms with Gasteiger partial charge in [-0.3, -0.25) is 45.0 Å². The van der Waals surface area contributed by atoms with Gasteiger partial charge < -0.3 is 67.2 Å². The van der Waals surface area contributed by atoms with Crippen molar-refractivity contribution in [2.45, 2.75) is 165 Å². The molecule has 8 heterocycles. The number of nitrogens with two attached hydrogens (primary N) is 1. The average Bonchev–Trinajstić information content (AvgIpc) is 1.63. The lowest BCUT2D eigenvalue weighted by atomic mass is 9.81. The molecule has 0 spiro atoms. The molecule has 11 aromatic rings. The predicted molar refractivity (Wildman–Crippen MR) is 457 cm³/mol. The third-order valence-electron chi connectivity index (χ3n) is 22.2. The molecule has 13 rings (SSSR count). The van der Waals surface area contributed by atoms with Gasteiger partial charge >= 0.3 is 23.9 Å². The molecule has 28 heteroatoms. The molecule has 2 aliphatic heterocycles. The molecule has 3 amide bonds. The third-order valence-corrected chi connectivity index (χ3v) is 22.2. The van der Waals surface area contributed by atoms with Gasteiger partial charge in [-0.15, -0.1) is 0 Å². The molecule has 2 fully saturated rings. The van der Waals surface area contributed by atoms with E-state index < -0.39 is 39.6 Å². The summed E-state index contributed by atoms with van der Waals surface area (Å²) in [5, 5.41) is 15.5. The number of nitrogens with zero attached hydrogens (tertiary/aromatic N) is 9. The number of nitro groups is 1. The number of aromatic amines is 2. The van der Waals surface area contributed by atoms with Crippen molar-refractivity contribution in [2.24, 2.45) is 15.7 Å². The first kappa shape index (κ1) is 87.0. The zero-order valence-electron chi connectivity index (χ0n) is 70.4. The summed E-state index contributed by atoms with van der Waals surface area (Å²) in [4.78, 5) is 118. The van der Waals surface area contributed by atoms with Gasteiger partial charge in [-0.25, -0.2) is 19.2 Å². The first-order valence-corrected chi connectivity index (χ1v) is 40.3.